The summed E-state index contributed by atoms with van der Waals surface area (Å²) in [4.78, 5) is 11.6. The van der Waals surface area contributed by atoms with E-state index in [0.29, 0.717) is 18.5 Å². The summed E-state index contributed by atoms with van der Waals surface area (Å²) in [7, 11) is 0. The summed E-state index contributed by atoms with van der Waals surface area (Å²) in [5.41, 5.74) is 0. The Morgan fingerprint density at radius 2 is 2.07 bits per heavy atom. The molecule has 0 aromatic heterocycles. The molecule has 2 rings (SSSR count). The third-order valence-corrected chi connectivity index (χ3v) is 3.60. The standard InChI is InChI=1S/C12H22N2O/c15-12(14-11-5-3-6-11)8-7-10-4-1-2-9-13-10/h10-11,13H,1-9H2,(H,14,15). The van der Waals surface area contributed by atoms with Gasteiger partial charge in [-0.15, -0.1) is 0 Å². The van der Waals surface area contributed by atoms with Gasteiger partial charge >= 0.3 is 0 Å². The third kappa shape index (κ3) is 3.49. The molecule has 0 spiro atoms. The van der Waals surface area contributed by atoms with Crippen molar-refractivity contribution in [1.29, 1.82) is 0 Å². The summed E-state index contributed by atoms with van der Waals surface area (Å²) >= 11 is 0. The molecule has 2 N–H and O–H groups in total. The lowest BCUT2D eigenvalue weighted by Gasteiger charge is -2.27. The maximum Gasteiger partial charge on any atom is 0.220 e. The number of carbonyl (C=O) groups is 1. The van der Waals surface area contributed by atoms with Crippen LogP contribution in [0, 0.1) is 0 Å². The molecular weight excluding hydrogens is 188 g/mol. The van der Waals surface area contributed by atoms with Gasteiger partial charge in [0.2, 0.25) is 5.91 Å². The van der Waals surface area contributed by atoms with Crippen LogP contribution in [0.4, 0.5) is 0 Å². The van der Waals surface area contributed by atoms with E-state index in [-0.39, 0.29) is 5.91 Å². The van der Waals surface area contributed by atoms with E-state index in [1.807, 2.05) is 0 Å². The lowest BCUT2D eigenvalue weighted by molar-refractivity contribution is -0.122. The van der Waals surface area contributed by atoms with E-state index in [9.17, 15) is 4.79 Å². The molecule has 1 aliphatic heterocycles. The van der Waals surface area contributed by atoms with Crippen molar-refractivity contribution in [2.75, 3.05) is 6.54 Å². The highest BCUT2D eigenvalue weighted by Gasteiger charge is 2.20. The molecule has 86 valence electrons. The fourth-order valence-electron chi connectivity index (χ4n) is 2.33. The third-order valence-electron chi connectivity index (χ3n) is 3.60. The van der Waals surface area contributed by atoms with Crippen LogP contribution in [0.15, 0.2) is 0 Å². The molecule has 2 fully saturated rings. The molecule has 1 amide bonds. The molecular formula is C12H22N2O. The zero-order valence-electron chi connectivity index (χ0n) is 9.43. The number of hydrogen-bond acceptors (Lipinski definition) is 2. The normalized spacial score (nSPS) is 27.1. The quantitative estimate of drug-likeness (QED) is 0.739. The maximum atomic E-state index is 11.6. The second kappa shape index (κ2) is 5.50. The minimum absolute atomic E-state index is 0.257. The minimum atomic E-state index is 0.257. The maximum absolute atomic E-state index is 11.6. The first-order chi connectivity index (χ1) is 7.34. The van der Waals surface area contributed by atoms with Crippen molar-refractivity contribution in [2.24, 2.45) is 0 Å². The summed E-state index contributed by atoms with van der Waals surface area (Å²) < 4.78 is 0. The Morgan fingerprint density at radius 3 is 2.67 bits per heavy atom. The molecule has 2 aliphatic rings. The van der Waals surface area contributed by atoms with Gasteiger partial charge in [0.05, 0.1) is 0 Å². The average Bonchev–Trinajstić information content (AvgIpc) is 2.22. The number of carbonyl (C=O) groups excluding carboxylic acids is 1. The van der Waals surface area contributed by atoms with E-state index in [1.54, 1.807) is 0 Å². The first-order valence-electron chi connectivity index (χ1n) is 6.37. The highest BCUT2D eigenvalue weighted by Crippen LogP contribution is 2.18. The molecule has 1 unspecified atom stereocenters. The summed E-state index contributed by atoms with van der Waals surface area (Å²) in [5.74, 6) is 0.257. The van der Waals surface area contributed by atoms with Gasteiger partial charge in [-0.2, -0.15) is 0 Å². The van der Waals surface area contributed by atoms with Crippen LogP contribution in [-0.2, 0) is 4.79 Å². The second-order valence-electron chi connectivity index (χ2n) is 4.88. The van der Waals surface area contributed by atoms with Gasteiger partial charge in [-0.05, 0) is 45.1 Å². The predicted octanol–water partition coefficient (Wildman–Crippen LogP) is 1.58. The van der Waals surface area contributed by atoms with Crippen molar-refractivity contribution in [2.45, 2.75) is 63.5 Å². The fourth-order valence-corrected chi connectivity index (χ4v) is 2.33. The highest BCUT2D eigenvalue weighted by molar-refractivity contribution is 5.76. The molecule has 0 aromatic carbocycles. The Kier molecular flexibility index (Phi) is 4.01. The summed E-state index contributed by atoms with van der Waals surface area (Å²) in [6, 6.07) is 1.09. The van der Waals surface area contributed by atoms with Gasteiger partial charge in [0.25, 0.3) is 0 Å². The van der Waals surface area contributed by atoms with Crippen LogP contribution in [0.2, 0.25) is 0 Å². The van der Waals surface area contributed by atoms with Gasteiger partial charge in [0, 0.05) is 18.5 Å². The average molecular weight is 210 g/mol. The smallest absolute Gasteiger partial charge is 0.220 e. The predicted molar refractivity (Wildman–Crippen MR) is 60.7 cm³/mol. The van der Waals surface area contributed by atoms with Crippen molar-refractivity contribution < 1.29 is 4.79 Å². The highest BCUT2D eigenvalue weighted by atomic mass is 16.1. The van der Waals surface area contributed by atoms with Gasteiger partial charge in [0.1, 0.15) is 0 Å². The van der Waals surface area contributed by atoms with Crippen LogP contribution >= 0.6 is 0 Å². The molecule has 1 saturated heterocycles. The molecule has 1 aliphatic carbocycles. The molecule has 1 saturated carbocycles. The van der Waals surface area contributed by atoms with Crippen LogP contribution < -0.4 is 10.6 Å². The Bertz CT molecular complexity index is 208. The monoisotopic (exact) mass is 210 g/mol. The molecule has 1 heterocycles. The van der Waals surface area contributed by atoms with E-state index < -0.39 is 0 Å². The van der Waals surface area contributed by atoms with Crippen LogP contribution in [0.25, 0.3) is 0 Å². The lowest BCUT2D eigenvalue weighted by Crippen LogP contribution is -2.40. The molecule has 1 atom stereocenters. The lowest BCUT2D eigenvalue weighted by atomic mass is 9.93. The van der Waals surface area contributed by atoms with Crippen molar-refractivity contribution in [3.05, 3.63) is 0 Å². The number of piperidine rings is 1. The van der Waals surface area contributed by atoms with Crippen LogP contribution in [-0.4, -0.2) is 24.5 Å². The number of nitrogens with one attached hydrogen (secondary N) is 2. The Morgan fingerprint density at radius 1 is 1.20 bits per heavy atom. The number of amides is 1. The second-order valence-corrected chi connectivity index (χ2v) is 4.88. The van der Waals surface area contributed by atoms with Crippen molar-refractivity contribution in [3.63, 3.8) is 0 Å². The number of hydrogen-bond donors (Lipinski definition) is 2. The van der Waals surface area contributed by atoms with E-state index in [1.165, 1.54) is 38.5 Å². The van der Waals surface area contributed by atoms with E-state index >= 15 is 0 Å². The first-order valence-corrected chi connectivity index (χ1v) is 6.37. The number of rotatable bonds is 4. The van der Waals surface area contributed by atoms with Gasteiger partial charge < -0.3 is 10.6 Å². The van der Waals surface area contributed by atoms with Gasteiger partial charge in [0.15, 0.2) is 0 Å². The van der Waals surface area contributed by atoms with Crippen molar-refractivity contribution in [1.82, 2.24) is 10.6 Å². The van der Waals surface area contributed by atoms with Crippen molar-refractivity contribution >= 4 is 5.91 Å². The molecule has 15 heavy (non-hydrogen) atoms. The van der Waals surface area contributed by atoms with E-state index in [4.69, 9.17) is 0 Å². The van der Waals surface area contributed by atoms with Gasteiger partial charge in [-0.25, -0.2) is 0 Å². The van der Waals surface area contributed by atoms with Gasteiger partial charge in [-0.3, -0.25) is 4.79 Å². The summed E-state index contributed by atoms with van der Waals surface area (Å²) in [5, 5.41) is 6.56. The zero-order chi connectivity index (χ0) is 10.5. The Labute approximate surface area is 92.0 Å². The Hall–Kier alpha value is -0.570. The molecule has 0 radical (unpaired) electrons. The topological polar surface area (TPSA) is 41.1 Å². The van der Waals surface area contributed by atoms with E-state index in [2.05, 4.69) is 10.6 Å². The zero-order valence-corrected chi connectivity index (χ0v) is 9.43. The van der Waals surface area contributed by atoms with Crippen LogP contribution in [0.1, 0.15) is 51.4 Å². The van der Waals surface area contributed by atoms with Crippen LogP contribution in [0.5, 0.6) is 0 Å². The molecule has 3 nitrogen and oxygen atoms in total. The van der Waals surface area contributed by atoms with E-state index in [0.717, 1.165) is 13.0 Å². The Balaban J connectivity index is 1.57. The fraction of sp³-hybridized carbons (Fsp3) is 0.917. The SMILES string of the molecule is O=C(CCC1CCCCN1)NC1CCC1. The first kappa shape index (κ1) is 10.9. The summed E-state index contributed by atoms with van der Waals surface area (Å²) in [6.07, 6.45) is 9.24. The molecule has 0 bridgehead atoms. The molecule has 0 aromatic rings. The minimum Gasteiger partial charge on any atom is -0.353 e. The molecule has 3 heteroatoms. The largest absolute Gasteiger partial charge is 0.353 e. The van der Waals surface area contributed by atoms with Gasteiger partial charge in [-0.1, -0.05) is 6.42 Å². The summed E-state index contributed by atoms with van der Waals surface area (Å²) in [6.45, 7) is 1.13. The van der Waals surface area contributed by atoms with Crippen LogP contribution in [0.3, 0.4) is 0 Å². The van der Waals surface area contributed by atoms with Crippen molar-refractivity contribution in [3.8, 4) is 0 Å².